The molecule has 172 valence electrons. The summed E-state index contributed by atoms with van der Waals surface area (Å²) in [5, 5.41) is 9.79. The van der Waals surface area contributed by atoms with E-state index < -0.39 is 42.2 Å². The first kappa shape index (κ1) is 23.1. The van der Waals surface area contributed by atoms with E-state index in [1.807, 2.05) is 0 Å². The number of fused-ring (bicyclic) bond motifs is 1. The van der Waals surface area contributed by atoms with E-state index in [2.05, 4.69) is 10.9 Å². The number of hydrogen-bond donors (Lipinski definition) is 3. The van der Waals surface area contributed by atoms with Gasteiger partial charge in [-0.1, -0.05) is 12.8 Å². The molecule has 1 aromatic carbocycles. The summed E-state index contributed by atoms with van der Waals surface area (Å²) in [6.45, 7) is 3.19. The average molecular weight is 446 g/mol. The molecule has 1 aliphatic rings. The van der Waals surface area contributed by atoms with Crippen molar-refractivity contribution in [2.75, 3.05) is 13.2 Å². The standard InChI is InChI=1S/C22H26N2O8/c1-3-30-22(29)19-12(2)32-17-9-8-13(10-16(17)19)31-11-18(25)23-24-20(26)14-6-4-5-7-15(14)21(27)28/h8-10,14-15H,3-7,11H2,1-2H3,(H,23,25)(H,24,26)(H,27,28). The van der Waals surface area contributed by atoms with E-state index in [1.54, 1.807) is 32.0 Å². The molecule has 0 radical (unpaired) electrons. The summed E-state index contributed by atoms with van der Waals surface area (Å²) in [6, 6.07) is 4.78. The van der Waals surface area contributed by atoms with Gasteiger partial charge in [0.15, 0.2) is 6.61 Å². The molecule has 2 amide bonds. The molecule has 0 saturated heterocycles. The fourth-order valence-electron chi connectivity index (χ4n) is 3.90. The number of carbonyl (C=O) groups excluding carboxylic acids is 3. The van der Waals surface area contributed by atoms with E-state index in [-0.39, 0.29) is 6.61 Å². The van der Waals surface area contributed by atoms with Gasteiger partial charge in [0.25, 0.3) is 5.91 Å². The smallest absolute Gasteiger partial charge is 0.342 e. The monoisotopic (exact) mass is 446 g/mol. The van der Waals surface area contributed by atoms with Crippen LogP contribution in [0.15, 0.2) is 22.6 Å². The molecule has 0 spiro atoms. The molecule has 0 bridgehead atoms. The molecule has 1 aliphatic carbocycles. The highest BCUT2D eigenvalue weighted by Gasteiger charge is 2.35. The number of hydrazine groups is 1. The minimum atomic E-state index is -1.01. The van der Waals surface area contributed by atoms with Crippen LogP contribution >= 0.6 is 0 Å². The molecule has 3 rings (SSSR count). The molecular formula is C22H26N2O8. The second-order valence-electron chi connectivity index (χ2n) is 7.57. The first-order valence-corrected chi connectivity index (χ1v) is 10.5. The van der Waals surface area contributed by atoms with Gasteiger partial charge in [0.1, 0.15) is 22.7 Å². The molecule has 3 N–H and O–H groups in total. The van der Waals surface area contributed by atoms with E-state index in [1.165, 1.54) is 0 Å². The summed E-state index contributed by atoms with van der Waals surface area (Å²) in [5.74, 6) is -3.36. The minimum absolute atomic E-state index is 0.223. The Hall–Kier alpha value is -3.56. The highest BCUT2D eigenvalue weighted by atomic mass is 16.5. The Morgan fingerprint density at radius 1 is 1.12 bits per heavy atom. The topological polar surface area (TPSA) is 144 Å². The number of rotatable bonds is 7. The SMILES string of the molecule is CCOC(=O)c1c(C)oc2ccc(OCC(=O)NNC(=O)C3CCCCC3C(=O)O)cc12. The molecule has 2 unspecified atom stereocenters. The second kappa shape index (κ2) is 10.2. The highest BCUT2D eigenvalue weighted by molar-refractivity contribution is 6.04. The van der Waals surface area contributed by atoms with Crippen LogP contribution in [0.3, 0.4) is 0 Å². The van der Waals surface area contributed by atoms with Gasteiger partial charge < -0.3 is 19.0 Å². The zero-order valence-corrected chi connectivity index (χ0v) is 17.9. The third-order valence-corrected chi connectivity index (χ3v) is 5.43. The van der Waals surface area contributed by atoms with Crippen LogP contribution in [0.25, 0.3) is 11.0 Å². The largest absolute Gasteiger partial charge is 0.484 e. The van der Waals surface area contributed by atoms with E-state index in [9.17, 15) is 24.3 Å². The van der Waals surface area contributed by atoms with Gasteiger partial charge >= 0.3 is 11.9 Å². The number of carboxylic acid groups (broad SMARTS) is 1. The lowest BCUT2D eigenvalue weighted by molar-refractivity contribution is -0.149. The van der Waals surface area contributed by atoms with Crippen LogP contribution in [0.1, 0.15) is 48.7 Å². The van der Waals surface area contributed by atoms with Crippen molar-refractivity contribution < 1.29 is 38.2 Å². The fraction of sp³-hybridized carbons (Fsp3) is 0.455. The van der Waals surface area contributed by atoms with Crippen LogP contribution in [-0.4, -0.2) is 42.1 Å². The summed E-state index contributed by atoms with van der Waals surface area (Å²) in [7, 11) is 0. The van der Waals surface area contributed by atoms with Gasteiger partial charge in [0.2, 0.25) is 5.91 Å². The molecule has 32 heavy (non-hydrogen) atoms. The molecule has 1 heterocycles. The molecular weight excluding hydrogens is 420 g/mol. The van der Waals surface area contributed by atoms with Crippen molar-refractivity contribution in [1.29, 1.82) is 0 Å². The Balaban J connectivity index is 1.57. The van der Waals surface area contributed by atoms with Gasteiger partial charge in [-0.05, 0) is 44.9 Å². The quantitative estimate of drug-likeness (QED) is 0.434. The average Bonchev–Trinajstić information content (AvgIpc) is 3.11. The van der Waals surface area contributed by atoms with Crippen molar-refractivity contribution in [3.05, 3.63) is 29.5 Å². The summed E-state index contributed by atoms with van der Waals surface area (Å²) in [5.41, 5.74) is 5.31. The van der Waals surface area contributed by atoms with Crippen LogP contribution < -0.4 is 15.6 Å². The Kier molecular flexibility index (Phi) is 7.34. The minimum Gasteiger partial charge on any atom is -0.484 e. The van der Waals surface area contributed by atoms with Gasteiger partial charge in [-0.15, -0.1) is 0 Å². The number of furan rings is 1. The predicted octanol–water partition coefficient (Wildman–Crippen LogP) is 2.34. The maximum atomic E-state index is 12.3. The number of nitrogens with one attached hydrogen (secondary N) is 2. The molecule has 1 aromatic heterocycles. The molecule has 1 saturated carbocycles. The maximum Gasteiger partial charge on any atom is 0.342 e. The first-order valence-electron chi connectivity index (χ1n) is 10.5. The lowest BCUT2D eigenvalue weighted by Crippen LogP contribution is -2.49. The fourth-order valence-corrected chi connectivity index (χ4v) is 3.90. The van der Waals surface area contributed by atoms with Crippen LogP contribution in [0.4, 0.5) is 0 Å². The first-order chi connectivity index (χ1) is 15.3. The number of hydrogen-bond acceptors (Lipinski definition) is 7. The van der Waals surface area contributed by atoms with Crippen molar-refractivity contribution in [3.63, 3.8) is 0 Å². The van der Waals surface area contributed by atoms with Gasteiger partial charge in [-0.25, -0.2) is 4.79 Å². The number of aliphatic carboxylic acids is 1. The summed E-state index contributed by atoms with van der Waals surface area (Å²) < 4.78 is 16.1. The lowest BCUT2D eigenvalue weighted by atomic mass is 9.79. The predicted molar refractivity (Wildman–Crippen MR) is 112 cm³/mol. The molecule has 2 aromatic rings. The van der Waals surface area contributed by atoms with E-state index >= 15 is 0 Å². The van der Waals surface area contributed by atoms with Crippen molar-refractivity contribution in [3.8, 4) is 5.75 Å². The van der Waals surface area contributed by atoms with Crippen molar-refractivity contribution in [2.24, 2.45) is 11.8 Å². The van der Waals surface area contributed by atoms with Crippen LogP contribution in [0.5, 0.6) is 5.75 Å². The van der Waals surface area contributed by atoms with Gasteiger partial charge in [-0.2, -0.15) is 0 Å². The normalized spacial score (nSPS) is 18.1. The summed E-state index contributed by atoms with van der Waals surface area (Å²) in [4.78, 5) is 47.9. The van der Waals surface area contributed by atoms with Gasteiger partial charge in [0.05, 0.1) is 18.4 Å². The molecule has 10 heteroatoms. The summed E-state index contributed by atoms with van der Waals surface area (Å²) in [6.07, 6.45) is 2.43. The Morgan fingerprint density at radius 3 is 2.53 bits per heavy atom. The Bertz CT molecular complexity index is 1030. The van der Waals surface area contributed by atoms with E-state index in [4.69, 9.17) is 13.9 Å². The van der Waals surface area contributed by atoms with Crippen LogP contribution in [-0.2, 0) is 19.1 Å². The molecule has 0 aliphatic heterocycles. The van der Waals surface area contributed by atoms with Gasteiger partial charge in [0, 0.05) is 5.39 Å². The molecule has 1 fully saturated rings. The number of benzene rings is 1. The highest BCUT2D eigenvalue weighted by Crippen LogP contribution is 2.31. The Morgan fingerprint density at radius 2 is 1.84 bits per heavy atom. The Labute approximate surface area is 184 Å². The van der Waals surface area contributed by atoms with Crippen LogP contribution in [0, 0.1) is 18.8 Å². The third kappa shape index (κ3) is 5.19. The number of carbonyl (C=O) groups is 4. The second-order valence-corrected chi connectivity index (χ2v) is 7.57. The van der Waals surface area contributed by atoms with E-state index in [0.29, 0.717) is 40.9 Å². The maximum absolute atomic E-state index is 12.3. The number of ether oxygens (including phenoxy) is 2. The van der Waals surface area contributed by atoms with Crippen molar-refractivity contribution >= 4 is 34.7 Å². The zero-order chi connectivity index (χ0) is 23.3. The van der Waals surface area contributed by atoms with Crippen molar-refractivity contribution in [2.45, 2.75) is 39.5 Å². The summed E-state index contributed by atoms with van der Waals surface area (Å²) >= 11 is 0. The number of amides is 2. The third-order valence-electron chi connectivity index (χ3n) is 5.43. The lowest BCUT2D eigenvalue weighted by Gasteiger charge is -2.27. The molecule has 10 nitrogen and oxygen atoms in total. The van der Waals surface area contributed by atoms with Crippen molar-refractivity contribution in [1.82, 2.24) is 10.9 Å². The molecule has 2 atom stereocenters. The van der Waals surface area contributed by atoms with Crippen LogP contribution in [0.2, 0.25) is 0 Å². The van der Waals surface area contributed by atoms with Gasteiger partial charge in [-0.3, -0.25) is 25.2 Å². The zero-order valence-electron chi connectivity index (χ0n) is 17.9. The van der Waals surface area contributed by atoms with E-state index in [0.717, 1.165) is 12.8 Å². The number of carboxylic acids is 1. The number of esters is 1. The number of aryl methyl sites for hydroxylation is 1.